The third-order valence-electron chi connectivity index (χ3n) is 3.99. The molecule has 0 fully saturated rings. The lowest BCUT2D eigenvalue weighted by Crippen LogP contribution is -2.12. The molecule has 0 radical (unpaired) electrons. The van der Waals surface area contributed by atoms with E-state index in [-0.39, 0.29) is 10.7 Å². The first-order valence-corrected chi connectivity index (χ1v) is 9.27. The van der Waals surface area contributed by atoms with Crippen molar-refractivity contribution in [2.24, 2.45) is 0 Å². The summed E-state index contributed by atoms with van der Waals surface area (Å²) in [5, 5.41) is 4.01. The average Bonchev–Trinajstić information content (AvgIpc) is 3.19. The second kappa shape index (κ2) is 6.76. The van der Waals surface area contributed by atoms with E-state index in [9.17, 15) is 4.79 Å². The second-order valence-electron chi connectivity index (χ2n) is 5.75. The summed E-state index contributed by atoms with van der Waals surface area (Å²) in [6.07, 6.45) is 0. The minimum Gasteiger partial charge on any atom is -0.456 e. The molecule has 2 heterocycles. The molecule has 0 saturated heterocycles. The molecule has 0 saturated carbocycles. The van der Waals surface area contributed by atoms with Gasteiger partial charge in [0.25, 0.3) is 5.91 Å². The average molecular weight is 403 g/mol. The van der Waals surface area contributed by atoms with Gasteiger partial charge >= 0.3 is 0 Å². The number of nitrogens with one attached hydrogen (secondary N) is 1. The van der Waals surface area contributed by atoms with Crippen molar-refractivity contribution in [1.82, 2.24) is 4.37 Å². The van der Waals surface area contributed by atoms with Crippen molar-refractivity contribution in [2.75, 3.05) is 5.32 Å². The lowest BCUT2D eigenvalue weighted by atomic mass is 10.1. The molecule has 4 rings (SSSR count). The van der Waals surface area contributed by atoms with Gasteiger partial charge in [-0.05, 0) is 54.4 Å². The smallest absolute Gasteiger partial charge is 0.276 e. The lowest BCUT2D eigenvalue weighted by Gasteiger charge is -2.08. The molecule has 0 unspecified atom stereocenters. The summed E-state index contributed by atoms with van der Waals surface area (Å²) in [6, 6.07) is 15.5. The predicted molar refractivity (Wildman–Crippen MR) is 106 cm³/mol. The largest absolute Gasteiger partial charge is 0.456 e. The molecule has 7 heteroatoms. The normalized spacial score (nSPS) is 11.0. The number of rotatable bonds is 3. The summed E-state index contributed by atoms with van der Waals surface area (Å²) in [5.74, 6) is 0.393. The van der Waals surface area contributed by atoms with Crippen molar-refractivity contribution in [2.45, 2.75) is 6.92 Å². The molecule has 2 aromatic carbocycles. The molecule has 0 spiro atoms. The van der Waals surface area contributed by atoms with Crippen molar-refractivity contribution in [1.29, 1.82) is 0 Å². The highest BCUT2D eigenvalue weighted by atomic mass is 35.5. The Labute approximate surface area is 163 Å². The highest BCUT2D eigenvalue weighted by molar-refractivity contribution is 7.11. The summed E-state index contributed by atoms with van der Waals surface area (Å²) >= 11 is 12.8. The van der Waals surface area contributed by atoms with Crippen LogP contribution in [0.2, 0.25) is 9.36 Å². The maximum atomic E-state index is 12.3. The number of amides is 1. The minimum atomic E-state index is -0.394. The van der Waals surface area contributed by atoms with Gasteiger partial charge in [0.15, 0.2) is 5.69 Å². The topological polar surface area (TPSA) is 55.1 Å². The molecule has 0 aliphatic carbocycles. The molecule has 0 aliphatic rings. The molecule has 0 bridgehead atoms. The fourth-order valence-electron chi connectivity index (χ4n) is 2.72. The monoisotopic (exact) mass is 402 g/mol. The summed E-state index contributed by atoms with van der Waals surface area (Å²) < 4.78 is 10.2. The number of para-hydroxylation sites is 1. The third-order valence-corrected chi connectivity index (χ3v) is 5.60. The van der Waals surface area contributed by atoms with E-state index in [2.05, 4.69) is 9.69 Å². The van der Waals surface area contributed by atoms with Gasteiger partial charge in [-0.25, -0.2) is 0 Å². The van der Waals surface area contributed by atoms with Crippen LogP contribution < -0.4 is 5.32 Å². The first kappa shape index (κ1) is 17.1. The van der Waals surface area contributed by atoms with Crippen LogP contribution in [0.25, 0.3) is 22.3 Å². The van der Waals surface area contributed by atoms with Gasteiger partial charge in [-0.1, -0.05) is 41.4 Å². The van der Waals surface area contributed by atoms with Crippen molar-refractivity contribution in [3.05, 3.63) is 69.1 Å². The van der Waals surface area contributed by atoms with Gasteiger partial charge in [-0.2, -0.15) is 4.37 Å². The minimum absolute atomic E-state index is 0.126. The number of hydrogen-bond donors (Lipinski definition) is 1. The van der Waals surface area contributed by atoms with Crippen LogP contribution in [-0.4, -0.2) is 10.3 Å². The van der Waals surface area contributed by atoms with Crippen LogP contribution >= 0.6 is 34.7 Å². The number of hydrogen-bond acceptors (Lipinski definition) is 4. The van der Waals surface area contributed by atoms with Crippen LogP contribution in [0.5, 0.6) is 0 Å². The number of carbonyl (C=O) groups excluding carboxylic acids is 1. The van der Waals surface area contributed by atoms with Crippen LogP contribution in [0, 0.1) is 6.92 Å². The Bertz CT molecular complexity index is 1100. The van der Waals surface area contributed by atoms with Crippen molar-refractivity contribution in [3.63, 3.8) is 0 Å². The second-order valence-corrected chi connectivity index (χ2v) is 7.50. The molecule has 1 amide bonds. The highest BCUT2D eigenvalue weighted by Crippen LogP contribution is 2.32. The number of anilines is 1. The standard InChI is InChI=1S/C19H12Cl2N2O2S/c1-10-8-12(22-19(24)17-16(20)18(21)26-23-17)6-7-13(10)15-9-11-4-2-3-5-14(11)25-15/h2-9H,1H3,(H,22,24). The SMILES string of the molecule is Cc1cc(NC(=O)c2nsc(Cl)c2Cl)ccc1-c1cc2ccccc2o1. The Hall–Kier alpha value is -2.34. The zero-order valence-corrected chi connectivity index (χ0v) is 15.9. The lowest BCUT2D eigenvalue weighted by molar-refractivity contribution is 0.102. The molecule has 4 aromatic rings. The van der Waals surface area contributed by atoms with E-state index in [0.717, 1.165) is 39.4 Å². The first-order chi connectivity index (χ1) is 12.5. The number of aromatic nitrogens is 1. The molecular formula is C19H12Cl2N2O2S. The molecule has 130 valence electrons. The van der Waals surface area contributed by atoms with Crippen LogP contribution in [0.4, 0.5) is 5.69 Å². The van der Waals surface area contributed by atoms with Crippen molar-refractivity contribution >= 4 is 57.3 Å². The first-order valence-electron chi connectivity index (χ1n) is 7.74. The van der Waals surface area contributed by atoms with Gasteiger partial charge < -0.3 is 9.73 Å². The Balaban J connectivity index is 1.61. The quantitative estimate of drug-likeness (QED) is 0.429. The predicted octanol–water partition coefficient (Wildman–Crippen LogP) is 6.42. The third kappa shape index (κ3) is 3.09. The Morgan fingerprint density at radius 3 is 2.65 bits per heavy atom. The summed E-state index contributed by atoms with van der Waals surface area (Å²) in [7, 11) is 0. The summed E-state index contributed by atoms with van der Waals surface area (Å²) in [6.45, 7) is 1.96. The number of halogens is 2. The van der Waals surface area contributed by atoms with Crippen LogP contribution in [0.1, 0.15) is 16.1 Å². The summed E-state index contributed by atoms with van der Waals surface area (Å²) in [4.78, 5) is 12.3. The van der Waals surface area contributed by atoms with Gasteiger partial charge in [0.2, 0.25) is 0 Å². The number of nitrogens with zero attached hydrogens (tertiary/aromatic N) is 1. The molecule has 26 heavy (non-hydrogen) atoms. The molecule has 2 aromatic heterocycles. The number of aryl methyl sites for hydroxylation is 1. The van der Waals surface area contributed by atoms with Crippen LogP contribution in [0.15, 0.2) is 52.9 Å². The van der Waals surface area contributed by atoms with E-state index in [1.54, 1.807) is 0 Å². The molecule has 4 nitrogen and oxygen atoms in total. The van der Waals surface area contributed by atoms with Crippen LogP contribution in [0.3, 0.4) is 0 Å². The van der Waals surface area contributed by atoms with Crippen molar-refractivity contribution < 1.29 is 9.21 Å². The number of benzene rings is 2. The molecule has 0 aliphatic heterocycles. The molecule has 0 atom stereocenters. The van der Waals surface area contributed by atoms with Gasteiger partial charge in [-0.3, -0.25) is 4.79 Å². The molecule has 1 N–H and O–H groups in total. The van der Waals surface area contributed by atoms with Gasteiger partial charge in [0.1, 0.15) is 20.7 Å². The van der Waals surface area contributed by atoms with Crippen molar-refractivity contribution in [3.8, 4) is 11.3 Å². The van der Waals surface area contributed by atoms with E-state index < -0.39 is 5.91 Å². The fourth-order valence-corrected chi connectivity index (χ4v) is 3.72. The Morgan fingerprint density at radius 2 is 1.96 bits per heavy atom. The van der Waals surface area contributed by atoms with E-state index >= 15 is 0 Å². The van der Waals surface area contributed by atoms with Gasteiger partial charge in [0.05, 0.1) is 0 Å². The van der Waals surface area contributed by atoms with E-state index in [1.807, 2.05) is 55.5 Å². The van der Waals surface area contributed by atoms with E-state index in [0.29, 0.717) is 10.0 Å². The van der Waals surface area contributed by atoms with Gasteiger partial charge in [0, 0.05) is 16.6 Å². The van der Waals surface area contributed by atoms with Gasteiger partial charge in [-0.15, -0.1) is 0 Å². The maximum Gasteiger partial charge on any atom is 0.276 e. The number of fused-ring (bicyclic) bond motifs is 1. The summed E-state index contributed by atoms with van der Waals surface area (Å²) in [5.41, 5.74) is 3.56. The van der Waals surface area contributed by atoms with E-state index in [4.69, 9.17) is 27.6 Å². The Kier molecular flexibility index (Phi) is 4.44. The maximum absolute atomic E-state index is 12.3. The number of carbonyl (C=O) groups is 1. The molecular weight excluding hydrogens is 391 g/mol. The van der Waals surface area contributed by atoms with E-state index in [1.165, 1.54) is 0 Å². The highest BCUT2D eigenvalue weighted by Gasteiger charge is 2.18. The number of furan rings is 1. The Morgan fingerprint density at radius 1 is 1.15 bits per heavy atom. The zero-order chi connectivity index (χ0) is 18.3. The fraction of sp³-hybridized carbons (Fsp3) is 0.0526. The zero-order valence-electron chi connectivity index (χ0n) is 13.5. The van der Waals surface area contributed by atoms with Crippen LogP contribution in [-0.2, 0) is 0 Å².